The second-order valence-corrected chi connectivity index (χ2v) is 2.20. The Hall–Kier alpha value is -1.35. The molecule has 0 saturated heterocycles. The first-order chi connectivity index (χ1) is 5.38. The van der Waals surface area contributed by atoms with Crippen LogP contribution in [0.25, 0.3) is 11.0 Å². The van der Waals surface area contributed by atoms with Crippen molar-refractivity contribution < 1.29 is 5.11 Å². The van der Waals surface area contributed by atoms with Gasteiger partial charge in [0.05, 0.1) is 5.52 Å². The summed E-state index contributed by atoms with van der Waals surface area (Å²) in [7, 11) is 0. The Morgan fingerprint density at radius 3 is 2.58 bits per heavy atom. The van der Waals surface area contributed by atoms with E-state index in [4.69, 9.17) is 0 Å². The standard InChI is InChI=1S/C8H6N2O.ClH/c11-7-3-1-2-6-8(7)10-5-4-9-6;/h1-5,11H;1H. The molecule has 0 aliphatic heterocycles. The molecule has 0 aliphatic carbocycles. The monoisotopic (exact) mass is 182 g/mol. The molecule has 3 nitrogen and oxygen atoms in total. The maximum atomic E-state index is 9.27. The number of halogens is 1. The fourth-order valence-corrected chi connectivity index (χ4v) is 0.977. The summed E-state index contributed by atoms with van der Waals surface area (Å²) in [5.74, 6) is 0.176. The van der Waals surface area contributed by atoms with Crippen molar-refractivity contribution in [1.82, 2.24) is 9.97 Å². The van der Waals surface area contributed by atoms with Crippen molar-refractivity contribution in [2.24, 2.45) is 0 Å². The van der Waals surface area contributed by atoms with Gasteiger partial charge in [-0.15, -0.1) is 12.4 Å². The lowest BCUT2D eigenvalue weighted by Crippen LogP contribution is -1.80. The predicted octanol–water partition coefficient (Wildman–Crippen LogP) is 1.76. The fraction of sp³-hybridized carbons (Fsp3) is 0. The highest BCUT2D eigenvalue weighted by atomic mass is 35.5. The van der Waals surface area contributed by atoms with E-state index >= 15 is 0 Å². The fourth-order valence-electron chi connectivity index (χ4n) is 0.977. The molecule has 0 radical (unpaired) electrons. The summed E-state index contributed by atoms with van der Waals surface area (Å²) >= 11 is 0. The molecular weight excluding hydrogens is 176 g/mol. The van der Waals surface area contributed by atoms with Gasteiger partial charge in [-0.05, 0) is 12.1 Å². The zero-order valence-electron chi connectivity index (χ0n) is 6.14. The highest BCUT2D eigenvalue weighted by Crippen LogP contribution is 2.18. The molecule has 1 N–H and O–H groups in total. The first kappa shape index (κ1) is 8.74. The van der Waals surface area contributed by atoms with Crippen molar-refractivity contribution in [2.75, 3.05) is 0 Å². The van der Waals surface area contributed by atoms with E-state index in [1.54, 1.807) is 24.5 Å². The van der Waals surface area contributed by atoms with E-state index in [2.05, 4.69) is 9.97 Å². The highest BCUT2D eigenvalue weighted by molar-refractivity contribution is 5.85. The van der Waals surface area contributed by atoms with E-state index in [-0.39, 0.29) is 18.2 Å². The van der Waals surface area contributed by atoms with E-state index in [1.807, 2.05) is 6.07 Å². The Balaban J connectivity index is 0.000000720. The molecule has 0 aliphatic rings. The van der Waals surface area contributed by atoms with Gasteiger partial charge >= 0.3 is 0 Å². The quantitative estimate of drug-likeness (QED) is 0.675. The molecule has 0 spiro atoms. The molecule has 1 aromatic heterocycles. The predicted molar refractivity (Wildman–Crippen MR) is 48.5 cm³/mol. The lowest BCUT2D eigenvalue weighted by molar-refractivity contribution is 0.480. The van der Waals surface area contributed by atoms with Gasteiger partial charge in [-0.1, -0.05) is 6.07 Å². The highest BCUT2D eigenvalue weighted by Gasteiger charge is 1.97. The number of phenols is 1. The molecule has 2 aromatic rings. The van der Waals surface area contributed by atoms with Crippen LogP contribution in [0.4, 0.5) is 0 Å². The number of para-hydroxylation sites is 1. The van der Waals surface area contributed by atoms with E-state index in [9.17, 15) is 5.11 Å². The third-order valence-corrected chi connectivity index (χ3v) is 1.48. The van der Waals surface area contributed by atoms with E-state index in [0.717, 1.165) is 0 Å². The summed E-state index contributed by atoms with van der Waals surface area (Å²) in [6, 6.07) is 5.14. The van der Waals surface area contributed by atoms with Gasteiger partial charge in [0.15, 0.2) is 0 Å². The van der Waals surface area contributed by atoms with Gasteiger partial charge in [0.25, 0.3) is 0 Å². The number of hydrogen-bond donors (Lipinski definition) is 1. The van der Waals surface area contributed by atoms with Crippen molar-refractivity contribution >= 4 is 23.4 Å². The molecule has 0 amide bonds. The number of aromatic nitrogens is 2. The minimum atomic E-state index is 0. The first-order valence-corrected chi connectivity index (χ1v) is 3.26. The van der Waals surface area contributed by atoms with Gasteiger partial charge in [-0.3, -0.25) is 4.98 Å². The topological polar surface area (TPSA) is 46.0 Å². The average molecular weight is 183 g/mol. The Bertz CT molecular complexity index is 386. The van der Waals surface area contributed by atoms with E-state index in [0.29, 0.717) is 11.0 Å². The molecule has 4 heteroatoms. The van der Waals surface area contributed by atoms with Crippen molar-refractivity contribution in [1.29, 1.82) is 0 Å². The summed E-state index contributed by atoms with van der Waals surface area (Å²) < 4.78 is 0. The normalized spacial score (nSPS) is 9.33. The summed E-state index contributed by atoms with van der Waals surface area (Å²) in [6.07, 6.45) is 3.16. The van der Waals surface area contributed by atoms with Gasteiger partial charge in [0, 0.05) is 12.4 Å². The number of nitrogens with zero attached hydrogens (tertiary/aromatic N) is 2. The molecule has 0 fully saturated rings. The number of benzene rings is 1. The van der Waals surface area contributed by atoms with Crippen LogP contribution in [0.5, 0.6) is 5.75 Å². The number of aromatic hydroxyl groups is 1. The van der Waals surface area contributed by atoms with E-state index in [1.165, 1.54) is 0 Å². The van der Waals surface area contributed by atoms with Gasteiger partial charge in [-0.2, -0.15) is 0 Å². The smallest absolute Gasteiger partial charge is 0.143 e. The number of hydrogen-bond acceptors (Lipinski definition) is 3. The second-order valence-electron chi connectivity index (χ2n) is 2.20. The third-order valence-electron chi connectivity index (χ3n) is 1.48. The van der Waals surface area contributed by atoms with Crippen LogP contribution in [-0.2, 0) is 0 Å². The number of phenolic OH excluding ortho intramolecular Hbond substituents is 1. The zero-order chi connectivity index (χ0) is 7.68. The van der Waals surface area contributed by atoms with Crippen molar-refractivity contribution in [3.63, 3.8) is 0 Å². The zero-order valence-corrected chi connectivity index (χ0v) is 6.95. The van der Waals surface area contributed by atoms with Crippen LogP contribution in [0.15, 0.2) is 30.6 Å². The number of rotatable bonds is 0. The molecule has 0 atom stereocenters. The Morgan fingerprint density at radius 2 is 1.83 bits per heavy atom. The molecule has 2 rings (SSSR count). The largest absolute Gasteiger partial charge is 0.506 e. The average Bonchev–Trinajstić information content (AvgIpc) is 2.06. The van der Waals surface area contributed by atoms with Crippen LogP contribution in [0.3, 0.4) is 0 Å². The molecule has 1 aromatic carbocycles. The maximum Gasteiger partial charge on any atom is 0.143 e. The Kier molecular flexibility index (Phi) is 2.45. The minimum absolute atomic E-state index is 0. The van der Waals surface area contributed by atoms with Crippen LogP contribution in [0, 0.1) is 0 Å². The summed E-state index contributed by atoms with van der Waals surface area (Å²) in [4.78, 5) is 7.99. The van der Waals surface area contributed by atoms with Gasteiger partial charge in [-0.25, -0.2) is 4.98 Å². The van der Waals surface area contributed by atoms with Gasteiger partial charge in [0.1, 0.15) is 11.3 Å². The van der Waals surface area contributed by atoms with Crippen LogP contribution in [0.2, 0.25) is 0 Å². The molecule has 0 saturated carbocycles. The molecule has 0 unspecified atom stereocenters. The molecule has 12 heavy (non-hydrogen) atoms. The number of fused-ring (bicyclic) bond motifs is 1. The Labute approximate surface area is 75.5 Å². The lowest BCUT2D eigenvalue weighted by atomic mass is 10.3. The molecule has 1 heterocycles. The Morgan fingerprint density at radius 1 is 1.08 bits per heavy atom. The first-order valence-electron chi connectivity index (χ1n) is 3.26. The van der Waals surface area contributed by atoms with Crippen molar-refractivity contribution in [2.45, 2.75) is 0 Å². The molecule has 62 valence electrons. The van der Waals surface area contributed by atoms with Crippen LogP contribution in [0.1, 0.15) is 0 Å². The second kappa shape index (κ2) is 3.36. The lowest BCUT2D eigenvalue weighted by Gasteiger charge is -1.95. The van der Waals surface area contributed by atoms with E-state index < -0.39 is 0 Å². The minimum Gasteiger partial charge on any atom is -0.506 e. The molecule has 0 bridgehead atoms. The van der Waals surface area contributed by atoms with Crippen LogP contribution < -0.4 is 0 Å². The third kappa shape index (κ3) is 1.31. The molecular formula is C8H7ClN2O. The maximum absolute atomic E-state index is 9.27. The van der Waals surface area contributed by atoms with Gasteiger partial charge in [0.2, 0.25) is 0 Å². The SMILES string of the molecule is Cl.Oc1cccc2nccnc12. The van der Waals surface area contributed by atoms with Gasteiger partial charge < -0.3 is 5.11 Å². The van der Waals surface area contributed by atoms with Crippen molar-refractivity contribution in [3.8, 4) is 5.75 Å². The van der Waals surface area contributed by atoms with Crippen molar-refractivity contribution in [3.05, 3.63) is 30.6 Å². The summed E-state index contributed by atoms with van der Waals surface area (Å²) in [6.45, 7) is 0. The van der Waals surface area contributed by atoms with Crippen LogP contribution >= 0.6 is 12.4 Å². The summed E-state index contributed by atoms with van der Waals surface area (Å²) in [5.41, 5.74) is 1.27. The summed E-state index contributed by atoms with van der Waals surface area (Å²) in [5, 5.41) is 9.27. The van der Waals surface area contributed by atoms with Crippen LogP contribution in [-0.4, -0.2) is 15.1 Å².